The first kappa shape index (κ1) is 15.7. The average Bonchev–Trinajstić information content (AvgIpc) is 2.47. The zero-order valence-corrected chi connectivity index (χ0v) is 13.4. The Balaban J connectivity index is 2.31. The fourth-order valence-corrected chi connectivity index (χ4v) is 4.02. The fraction of sp³-hybridized carbons (Fsp3) is 0.571. The number of aromatic nitrogens is 1. The Hall–Kier alpha value is -1.65. The minimum absolute atomic E-state index is 0.415. The van der Waals surface area contributed by atoms with Crippen molar-refractivity contribution >= 4 is 15.7 Å². The maximum Gasteiger partial charge on any atom is 0.218 e. The molecule has 2 heterocycles. The third-order valence-electron chi connectivity index (χ3n) is 3.79. The number of hydrogen-bond donors (Lipinski definition) is 0. The van der Waals surface area contributed by atoms with Crippen LogP contribution in [0.15, 0.2) is 12.3 Å². The van der Waals surface area contributed by atoms with Crippen LogP contribution >= 0.6 is 0 Å². The van der Waals surface area contributed by atoms with Crippen molar-refractivity contribution in [2.75, 3.05) is 32.1 Å². The molecule has 2 rings (SSSR count). The summed E-state index contributed by atoms with van der Waals surface area (Å²) in [5.74, 6) is 0. The molecule has 114 valence electrons. The first-order valence-corrected chi connectivity index (χ1v) is 8.39. The molecular weight excluding hydrogens is 288 g/mol. The Morgan fingerprint density at radius 2 is 2.19 bits per heavy atom. The van der Waals surface area contributed by atoms with E-state index in [4.69, 9.17) is 0 Å². The number of nitrogens with zero attached hydrogens (tertiary/aromatic N) is 4. The van der Waals surface area contributed by atoms with Crippen molar-refractivity contribution in [3.05, 3.63) is 23.5 Å². The molecule has 0 saturated carbocycles. The van der Waals surface area contributed by atoms with Gasteiger partial charge in [0, 0.05) is 39.1 Å². The molecule has 7 heteroatoms. The van der Waals surface area contributed by atoms with Crippen molar-refractivity contribution in [2.45, 2.75) is 25.0 Å². The van der Waals surface area contributed by atoms with Crippen LogP contribution < -0.4 is 4.90 Å². The third kappa shape index (κ3) is 3.17. The minimum atomic E-state index is -3.28. The molecule has 1 unspecified atom stereocenters. The van der Waals surface area contributed by atoms with Gasteiger partial charge in [-0.3, -0.25) is 4.98 Å². The number of aryl methyl sites for hydroxylation is 1. The zero-order chi connectivity index (χ0) is 15.6. The second-order valence-electron chi connectivity index (χ2n) is 5.49. The van der Waals surface area contributed by atoms with Gasteiger partial charge in [-0.15, -0.1) is 0 Å². The summed E-state index contributed by atoms with van der Waals surface area (Å²) in [5, 5.41) is 8.78. The lowest BCUT2D eigenvalue weighted by atomic mass is 10.1. The number of pyridine rings is 1. The van der Waals surface area contributed by atoms with E-state index in [1.165, 1.54) is 4.31 Å². The van der Waals surface area contributed by atoms with Crippen LogP contribution in [-0.2, 0) is 10.0 Å². The quantitative estimate of drug-likeness (QED) is 0.836. The normalized spacial score (nSPS) is 19.6. The summed E-state index contributed by atoms with van der Waals surface area (Å²) in [6.07, 6.45) is 3.00. The molecule has 0 N–H and O–H groups in total. The molecule has 1 fully saturated rings. The van der Waals surface area contributed by atoms with Crippen LogP contribution in [0.25, 0.3) is 0 Å². The Bertz CT molecular complexity index is 664. The number of nitriles is 1. The van der Waals surface area contributed by atoms with Crippen molar-refractivity contribution in [1.29, 1.82) is 5.26 Å². The van der Waals surface area contributed by atoms with E-state index in [0.29, 0.717) is 18.5 Å². The molecule has 1 saturated heterocycles. The maximum absolute atomic E-state index is 12.3. The topological polar surface area (TPSA) is 77.3 Å². The summed E-state index contributed by atoms with van der Waals surface area (Å²) in [6, 6.07) is 3.98. The number of anilines is 1. The van der Waals surface area contributed by atoms with E-state index in [2.05, 4.69) is 11.1 Å². The first-order chi connectivity index (χ1) is 9.86. The fourth-order valence-electron chi connectivity index (χ4n) is 2.59. The van der Waals surface area contributed by atoms with Gasteiger partial charge in [0.2, 0.25) is 10.0 Å². The highest BCUT2D eigenvalue weighted by Crippen LogP contribution is 2.27. The summed E-state index contributed by atoms with van der Waals surface area (Å²) in [7, 11) is -0.155. The highest BCUT2D eigenvalue weighted by atomic mass is 32.2. The van der Waals surface area contributed by atoms with Gasteiger partial charge >= 0.3 is 0 Å². The number of piperidine rings is 1. The van der Waals surface area contributed by atoms with Gasteiger partial charge in [0.1, 0.15) is 6.07 Å². The van der Waals surface area contributed by atoms with Crippen molar-refractivity contribution < 1.29 is 8.42 Å². The summed E-state index contributed by atoms with van der Waals surface area (Å²) in [5.41, 5.74) is 2.09. The molecule has 0 aromatic carbocycles. The van der Waals surface area contributed by atoms with Crippen molar-refractivity contribution in [3.8, 4) is 6.07 Å². The summed E-state index contributed by atoms with van der Waals surface area (Å²) in [4.78, 5) is 6.11. The van der Waals surface area contributed by atoms with Crippen LogP contribution in [0.2, 0.25) is 0 Å². The Kier molecular flexibility index (Phi) is 4.49. The van der Waals surface area contributed by atoms with E-state index < -0.39 is 15.3 Å². The van der Waals surface area contributed by atoms with Crippen LogP contribution in [0, 0.1) is 18.3 Å². The Morgan fingerprint density at radius 1 is 1.48 bits per heavy atom. The van der Waals surface area contributed by atoms with Crippen LogP contribution in [0.5, 0.6) is 0 Å². The molecule has 0 aliphatic carbocycles. The third-order valence-corrected chi connectivity index (χ3v) is 6.03. The summed E-state index contributed by atoms with van der Waals surface area (Å²) < 4.78 is 25.9. The number of hydrogen-bond acceptors (Lipinski definition) is 5. The Labute approximate surface area is 126 Å². The van der Waals surface area contributed by atoms with E-state index >= 15 is 0 Å². The maximum atomic E-state index is 12.3. The van der Waals surface area contributed by atoms with Crippen LogP contribution in [0.4, 0.5) is 5.69 Å². The van der Waals surface area contributed by atoms with Crippen molar-refractivity contribution in [1.82, 2.24) is 9.29 Å². The molecule has 0 spiro atoms. The second kappa shape index (κ2) is 6.00. The van der Waals surface area contributed by atoms with E-state index in [0.717, 1.165) is 24.3 Å². The number of sulfonamides is 1. The molecule has 1 aromatic heterocycles. The molecule has 1 aliphatic rings. The monoisotopic (exact) mass is 308 g/mol. The molecule has 0 radical (unpaired) electrons. The molecule has 1 aromatic rings. The van der Waals surface area contributed by atoms with Gasteiger partial charge in [-0.1, -0.05) is 0 Å². The molecule has 1 aliphatic heterocycles. The van der Waals surface area contributed by atoms with Crippen molar-refractivity contribution in [2.24, 2.45) is 0 Å². The lowest BCUT2D eigenvalue weighted by molar-refractivity contribution is 0.478. The van der Waals surface area contributed by atoms with E-state index in [1.54, 1.807) is 20.3 Å². The summed E-state index contributed by atoms with van der Waals surface area (Å²) >= 11 is 0. The van der Waals surface area contributed by atoms with Gasteiger partial charge in [0.15, 0.2) is 0 Å². The predicted molar refractivity (Wildman–Crippen MR) is 81.5 cm³/mol. The standard InChI is InChI=1S/C14H20N4O2S/c1-11-7-14(12(8-15)9-16-11)18-6-4-5-13(10-18)21(19,20)17(2)3/h7,9,13H,4-6,10H2,1-3H3. The van der Waals surface area contributed by atoms with Crippen LogP contribution in [0.3, 0.4) is 0 Å². The second-order valence-corrected chi connectivity index (χ2v) is 7.92. The van der Waals surface area contributed by atoms with Crippen LogP contribution in [-0.4, -0.2) is 50.1 Å². The molecule has 1 atom stereocenters. The molecule has 0 bridgehead atoms. The van der Waals surface area contributed by atoms with Gasteiger partial charge in [0.05, 0.1) is 16.5 Å². The summed E-state index contributed by atoms with van der Waals surface area (Å²) in [6.45, 7) is 3.04. The first-order valence-electron chi connectivity index (χ1n) is 6.89. The lowest BCUT2D eigenvalue weighted by Crippen LogP contribution is -2.46. The predicted octanol–water partition coefficient (Wildman–Crippen LogP) is 1.12. The highest BCUT2D eigenvalue weighted by Gasteiger charge is 2.33. The molecule has 0 amide bonds. The lowest BCUT2D eigenvalue weighted by Gasteiger charge is -2.35. The molecule has 6 nitrogen and oxygen atoms in total. The molecule has 21 heavy (non-hydrogen) atoms. The van der Waals surface area contributed by atoms with E-state index in [1.807, 2.05) is 17.9 Å². The number of rotatable bonds is 3. The van der Waals surface area contributed by atoms with Gasteiger partial charge in [-0.05, 0) is 25.8 Å². The van der Waals surface area contributed by atoms with Gasteiger partial charge < -0.3 is 4.90 Å². The van der Waals surface area contributed by atoms with Gasteiger partial charge in [-0.25, -0.2) is 12.7 Å². The minimum Gasteiger partial charge on any atom is -0.369 e. The smallest absolute Gasteiger partial charge is 0.218 e. The molecular formula is C14H20N4O2S. The van der Waals surface area contributed by atoms with Gasteiger partial charge in [0.25, 0.3) is 0 Å². The van der Waals surface area contributed by atoms with E-state index in [-0.39, 0.29) is 0 Å². The van der Waals surface area contributed by atoms with Gasteiger partial charge in [-0.2, -0.15) is 5.26 Å². The van der Waals surface area contributed by atoms with Crippen LogP contribution in [0.1, 0.15) is 24.1 Å². The largest absolute Gasteiger partial charge is 0.369 e. The average molecular weight is 308 g/mol. The highest BCUT2D eigenvalue weighted by molar-refractivity contribution is 7.89. The van der Waals surface area contributed by atoms with E-state index in [9.17, 15) is 13.7 Å². The SMILES string of the molecule is Cc1cc(N2CCCC(S(=O)(=O)N(C)C)C2)c(C#N)cn1. The van der Waals surface area contributed by atoms with Crippen molar-refractivity contribution in [3.63, 3.8) is 0 Å². The Morgan fingerprint density at radius 3 is 2.81 bits per heavy atom. The zero-order valence-electron chi connectivity index (χ0n) is 12.6.